The van der Waals surface area contributed by atoms with Crippen molar-refractivity contribution >= 4 is 33.7 Å². The van der Waals surface area contributed by atoms with E-state index in [0.29, 0.717) is 18.4 Å². The Morgan fingerprint density at radius 1 is 1.13 bits per heavy atom. The van der Waals surface area contributed by atoms with E-state index in [9.17, 15) is 14.4 Å². The summed E-state index contributed by atoms with van der Waals surface area (Å²) in [7, 11) is 0. The van der Waals surface area contributed by atoms with Gasteiger partial charge in [-0.3, -0.25) is 14.5 Å². The van der Waals surface area contributed by atoms with Gasteiger partial charge in [0.25, 0.3) is 5.91 Å². The van der Waals surface area contributed by atoms with Crippen LogP contribution in [0.15, 0.2) is 28.7 Å². The van der Waals surface area contributed by atoms with Gasteiger partial charge in [-0.2, -0.15) is 0 Å². The van der Waals surface area contributed by atoms with Crippen molar-refractivity contribution in [3.63, 3.8) is 0 Å². The molecule has 1 N–H and O–H groups in total. The molecule has 1 heterocycles. The average Bonchev–Trinajstić information content (AvgIpc) is 2.73. The van der Waals surface area contributed by atoms with Crippen molar-refractivity contribution in [3.8, 4) is 0 Å². The van der Waals surface area contributed by atoms with E-state index in [2.05, 4.69) is 21.2 Å². The Hall–Kier alpha value is -1.69. The highest BCUT2D eigenvalue weighted by molar-refractivity contribution is 9.10. The Balaban J connectivity index is 2.16. The third-order valence-corrected chi connectivity index (χ3v) is 4.60. The van der Waals surface area contributed by atoms with E-state index in [0.717, 1.165) is 22.2 Å². The SMILES string of the molecule is CCCC1(CCC)NC(=O)N(CC(=O)c2ccc(Br)cc2)C1=O. The summed E-state index contributed by atoms with van der Waals surface area (Å²) in [5, 5.41) is 2.81. The number of nitrogens with one attached hydrogen (secondary N) is 1. The van der Waals surface area contributed by atoms with Gasteiger partial charge in [-0.25, -0.2) is 4.79 Å². The Morgan fingerprint density at radius 3 is 2.22 bits per heavy atom. The van der Waals surface area contributed by atoms with Crippen LogP contribution < -0.4 is 5.32 Å². The van der Waals surface area contributed by atoms with Gasteiger partial charge < -0.3 is 5.32 Å². The van der Waals surface area contributed by atoms with Crippen molar-refractivity contribution in [2.24, 2.45) is 0 Å². The maximum absolute atomic E-state index is 12.7. The van der Waals surface area contributed by atoms with E-state index in [1.807, 2.05) is 13.8 Å². The number of nitrogens with zero attached hydrogens (tertiary/aromatic N) is 1. The molecule has 3 amide bonds. The summed E-state index contributed by atoms with van der Waals surface area (Å²) in [4.78, 5) is 38.3. The fourth-order valence-electron chi connectivity index (χ4n) is 3.01. The number of amides is 3. The number of imide groups is 1. The molecule has 0 radical (unpaired) electrons. The lowest BCUT2D eigenvalue weighted by molar-refractivity contribution is -0.131. The molecular weight excluding hydrogens is 360 g/mol. The quantitative estimate of drug-likeness (QED) is 0.581. The number of hydrogen-bond acceptors (Lipinski definition) is 3. The molecule has 2 rings (SSSR count). The van der Waals surface area contributed by atoms with Crippen molar-refractivity contribution in [2.45, 2.75) is 45.1 Å². The van der Waals surface area contributed by atoms with E-state index >= 15 is 0 Å². The van der Waals surface area contributed by atoms with Crippen molar-refractivity contribution in [1.29, 1.82) is 0 Å². The molecule has 5 nitrogen and oxygen atoms in total. The van der Waals surface area contributed by atoms with Crippen LogP contribution >= 0.6 is 15.9 Å². The molecule has 1 aromatic carbocycles. The van der Waals surface area contributed by atoms with Gasteiger partial charge in [0.15, 0.2) is 5.78 Å². The molecule has 0 atom stereocenters. The minimum atomic E-state index is -0.847. The molecule has 0 bridgehead atoms. The second-order valence-corrected chi connectivity index (χ2v) is 6.75. The largest absolute Gasteiger partial charge is 0.325 e. The van der Waals surface area contributed by atoms with Gasteiger partial charge in [-0.1, -0.05) is 54.8 Å². The van der Waals surface area contributed by atoms with Gasteiger partial charge >= 0.3 is 6.03 Å². The first kappa shape index (κ1) is 17.7. The van der Waals surface area contributed by atoms with Gasteiger partial charge in [0, 0.05) is 10.0 Å². The van der Waals surface area contributed by atoms with E-state index in [4.69, 9.17) is 0 Å². The lowest BCUT2D eigenvalue weighted by Gasteiger charge is -2.25. The van der Waals surface area contributed by atoms with Crippen LogP contribution in [0.3, 0.4) is 0 Å². The Labute approximate surface area is 144 Å². The first-order valence-electron chi connectivity index (χ1n) is 7.86. The summed E-state index contributed by atoms with van der Waals surface area (Å²) in [5.74, 6) is -0.526. The number of benzene rings is 1. The van der Waals surface area contributed by atoms with Crippen molar-refractivity contribution in [1.82, 2.24) is 10.2 Å². The smallest absolute Gasteiger partial charge is 0.323 e. The summed E-state index contributed by atoms with van der Waals surface area (Å²) in [5.41, 5.74) is -0.363. The Bertz CT molecular complexity index is 607. The lowest BCUT2D eigenvalue weighted by Crippen LogP contribution is -2.47. The second kappa shape index (κ2) is 7.25. The molecule has 1 aliphatic heterocycles. The zero-order chi connectivity index (χ0) is 17.0. The molecule has 6 heteroatoms. The van der Waals surface area contributed by atoms with Gasteiger partial charge in [0.05, 0.1) is 6.54 Å². The van der Waals surface area contributed by atoms with Gasteiger partial charge in [-0.15, -0.1) is 0 Å². The molecule has 1 aliphatic rings. The topological polar surface area (TPSA) is 66.5 Å². The summed E-state index contributed by atoms with van der Waals surface area (Å²) in [6, 6.07) is 6.41. The molecule has 124 valence electrons. The summed E-state index contributed by atoms with van der Waals surface area (Å²) in [6.07, 6.45) is 2.77. The van der Waals surface area contributed by atoms with Crippen LogP contribution in [0.1, 0.15) is 49.9 Å². The van der Waals surface area contributed by atoms with Crippen molar-refractivity contribution < 1.29 is 14.4 Å². The molecule has 1 aromatic rings. The fourth-order valence-corrected chi connectivity index (χ4v) is 3.27. The van der Waals surface area contributed by atoms with Crippen LogP contribution in [0.25, 0.3) is 0 Å². The van der Waals surface area contributed by atoms with Gasteiger partial charge in [0.1, 0.15) is 5.54 Å². The minimum absolute atomic E-state index is 0.221. The standard InChI is InChI=1S/C17H21BrN2O3/c1-3-9-17(10-4-2)15(22)20(16(23)19-17)11-14(21)12-5-7-13(18)8-6-12/h5-8H,3-4,9-11H2,1-2H3,(H,19,23). The van der Waals surface area contributed by atoms with Crippen LogP contribution in [-0.4, -0.2) is 34.7 Å². The molecule has 0 saturated carbocycles. The van der Waals surface area contributed by atoms with E-state index < -0.39 is 11.6 Å². The van der Waals surface area contributed by atoms with Crippen molar-refractivity contribution in [2.75, 3.05) is 6.54 Å². The molecule has 0 unspecified atom stereocenters. The van der Waals surface area contributed by atoms with E-state index in [1.165, 1.54) is 0 Å². The number of urea groups is 1. The zero-order valence-electron chi connectivity index (χ0n) is 13.4. The number of Topliss-reactive ketones (excluding diaryl/α,β-unsaturated/α-hetero) is 1. The number of rotatable bonds is 7. The first-order valence-corrected chi connectivity index (χ1v) is 8.65. The van der Waals surface area contributed by atoms with Gasteiger partial charge in [-0.05, 0) is 25.0 Å². The number of hydrogen-bond donors (Lipinski definition) is 1. The lowest BCUT2D eigenvalue weighted by atomic mass is 9.88. The molecule has 1 saturated heterocycles. The molecule has 0 aromatic heterocycles. The highest BCUT2D eigenvalue weighted by atomic mass is 79.9. The molecule has 23 heavy (non-hydrogen) atoms. The summed E-state index contributed by atoms with van der Waals surface area (Å²) < 4.78 is 0.869. The molecular formula is C17H21BrN2O3. The van der Waals surface area contributed by atoms with Crippen LogP contribution in [0.5, 0.6) is 0 Å². The normalized spacial score (nSPS) is 16.6. The summed E-state index contributed by atoms with van der Waals surface area (Å²) in [6.45, 7) is 3.74. The highest BCUT2D eigenvalue weighted by Gasteiger charge is 2.50. The van der Waals surface area contributed by atoms with Crippen LogP contribution in [0.4, 0.5) is 4.79 Å². The van der Waals surface area contributed by atoms with Gasteiger partial charge in [0.2, 0.25) is 0 Å². The molecule has 1 fully saturated rings. The number of carbonyl (C=O) groups excluding carboxylic acids is 3. The number of carbonyl (C=O) groups is 3. The van der Waals surface area contributed by atoms with Crippen LogP contribution in [-0.2, 0) is 4.79 Å². The third-order valence-electron chi connectivity index (χ3n) is 4.07. The number of ketones is 1. The molecule has 0 spiro atoms. The van der Waals surface area contributed by atoms with E-state index in [1.54, 1.807) is 24.3 Å². The summed E-state index contributed by atoms with van der Waals surface area (Å²) >= 11 is 3.31. The Kier molecular flexibility index (Phi) is 5.57. The monoisotopic (exact) mass is 380 g/mol. The third kappa shape index (κ3) is 3.63. The predicted octanol–water partition coefficient (Wildman–Crippen LogP) is 3.52. The Morgan fingerprint density at radius 2 is 1.70 bits per heavy atom. The van der Waals surface area contributed by atoms with Crippen LogP contribution in [0.2, 0.25) is 0 Å². The highest BCUT2D eigenvalue weighted by Crippen LogP contribution is 2.28. The second-order valence-electron chi connectivity index (χ2n) is 5.83. The number of halogens is 1. The molecule has 0 aliphatic carbocycles. The maximum atomic E-state index is 12.7. The maximum Gasteiger partial charge on any atom is 0.325 e. The average molecular weight is 381 g/mol. The fraction of sp³-hybridized carbons (Fsp3) is 0.471. The van der Waals surface area contributed by atoms with Crippen molar-refractivity contribution in [3.05, 3.63) is 34.3 Å². The minimum Gasteiger partial charge on any atom is -0.323 e. The van der Waals surface area contributed by atoms with E-state index in [-0.39, 0.29) is 18.2 Å². The first-order chi connectivity index (χ1) is 10.9. The van der Waals surface area contributed by atoms with Crippen LogP contribution in [0, 0.1) is 0 Å². The zero-order valence-corrected chi connectivity index (χ0v) is 15.0. The predicted molar refractivity (Wildman–Crippen MR) is 91.3 cm³/mol.